The zero-order chi connectivity index (χ0) is 28.4. The zero-order valence-electron chi connectivity index (χ0n) is 21.9. The largest absolute Gasteiger partial charge is 0.493 e. The molecule has 0 amide bonds. The first-order valence-electron chi connectivity index (χ1n) is 12.0. The van der Waals surface area contributed by atoms with Gasteiger partial charge in [-0.25, -0.2) is 9.79 Å². The number of halogens is 2. The van der Waals surface area contributed by atoms with E-state index in [9.17, 15) is 14.4 Å². The fourth-order valence-electron chi connectivity index (χ4n) is 4.07. The standard InChI is InChI=1S/C28H26Cl2N2O6S/c1-14(2)13-37-27(35)24-15(3)31-28-32(25(24)18-7-9-21(38-16(4)33)22(10-18)36-5)26(34)23(39-28)11-17-6-8-19(29)12-20(17)30/h6-12,14,25H,13H2,1-5H3. The van der Waals surface area contributed by atoms with E-state index < -0.39 is 18.0 Å². The Morgan fingerprint density at radius 3 is 2.54 bits per heavy atom. The van der Waals surface area contributed by atoms with Gasteiger partial charge in [-0.15, -0.1) is 0 Å². The Labute approximate surface area is 238 Å². The van der Waals surface area contributed by atoms with Crippen LogP contribution in [0.5, 0.6) is 11.5 Å². The molecule has 0 saturated heterocycles. The van der Waals surface area contributed by atoms with Crippen molar-refractivity contribution in [2.45, 2.75) is 33.7 Å². The summed E-state index contributed by atoms with van der Waals surface area (Å²) in [4.78, 5) is 43.8. The maximum Gasteiger partial charge on any atom is 0.338 e. The van der Waals surface area contributed by atoms with Crippen molar-refractivity contribution in [1.82, 2.24) is 4.57 Å². The Balaban J connectivity index is 1.94. The average molecular weight is 589 g/mol. The Hall–Kier alpha value is -3.40. The van der Waals surface area contributed by atoms with Gasteiger partial charge in [0.25, 0.3) is 5.56 Å². The van der Waals surface area contributed by atoms with Gasteiger partial charge in [0.1, 0.15) is 0 Å². The SMILES string of the molecule is COc1cc(C2C(C(=O)OCC(C)C)=C(C)N=c3sc(=Cc4ccc(Cl)cc4Cl)c(=O)n32)ccc1OC(C)=O. The third-order valence-electron chi connectivity index (χ3n) is 5.80. The lowest BCUT2D eigenvalue weighted by molar-refractivity contribution is -0.140. The van der Waals surface area contributed by atoms with Crippen LogP contribution in [-0.2, 0) is 14.3 Å². The van der Waals surface area contributed by atoms with Crippen molar-refractivity contribution in [3.63, 3.8) is 0 Å². The van der Waals surface area contributed by atoms with Gasteiger partial charge in [-0.3, -0.25) is 14.2 Å². The minimum Gasteiger partial charge on any atom is -0.493 e. The van der Waals surface area contributed by atoms with E-state index in [0.29, 0.717) is 36.2 Å². The first kappa shape index (κ1) is 28.6. The van der Waals surface area contributed by atoms with Crippen LogP contribution in [0.2, 0.25) is 10.0 Å². The second-order valence-electron chi connectivity index (χ2n) is 9.24. The molecule has 0 saturated carbocycles. The molecule has 2 aromatic carbocycles. The molecule has 204 valence electrons. The zero-order valence-corrected chi connectivity index (χ0v) is 24.2. The van der Waals surface area contributed by atoms with Crippen LogP contribution in [0.15, 0.2) is 57.5 Å². The van der Waals surface area contributed by atoms with Crippen molar-refractivity contribution < 1.29 is 23.8 Å². The van der Waals surface area contributed by atoms with Crippen LogP contribution >= 0.6 is 34.5 Å². The van der Waals surface area contributed by atoms with E-state index in [1.165, 1.54) is 29.9 Å². The summed E-state index contributed by atoms with van der Waals surface area (Å²) in [5.74, 6) is -0.496. The molecule has 1 aliphatic rings. The number of esters is 2. The minimum absolute atomic E-state index is 0.113. The molecule has 1 atom stereocenters. The van der Waals surface area contributed by atoms with Crippen LogP contribution in [-0.4, -0.2) is 30.2 Å². The second kappa shape index (κ2) is 11.8. The summed E-state index contributed by atoms with van der Waals surface area (Å²) in [6.07, 6.45) is 1.67. The highest BCUT2D eigenvalue weighted by molar-refractivity contribution is 7.07. The number of carbonyl (C=O) groups is 2. The maximum atomic E-state index is 13.8. The fourth-order valence-corrected chi connectivity index (χ4v) is 5.57. The third-order valence-corrected chi connectivity index (χ3v) is 7.34. The summed E-state index contributed by atoms with van der Waals surface area (Å²) in [7, 11) is 1.44. The first-order chi connectivity index (χ1) is 18.5. The van der Waals surface area contributed by atoms with Gasteiger partial charge in [0.05, 0.1) is 35.6 Å². The Morgan fingerprint density at radius 1 is 1.15 bits per heavy atom. The maximum absolute atomic E-state index is 13.8. The molecule has 0 spiro atoms. The molecule has 2 heterocycles. The van der Waals surface area contributed by atoms with Crippen molar-refractivity contribution in [3.05, 3.63) is 88.5 Å². The van der Waals surface area contributed by atoms with Crippen LogP contribution in [0, 0.1) is 5.92 Å². The summed E-state index contributed by atoms with van der Waals surface area (Å²) in [6, 6.07) is 8.99. The summed E-state index contributed by atoms with van der Waals surface area (Å²) in [6.45, 7) is 7.06. The van der Waals surface area contributed by atoms with Gasteiger partial charge in [-0.05, 0) is 54.3 Å². The molecule has 4 rings (SSSR count). The van der Waals surface area contributed by atoms with Crippen molar-refractivity contribution in [3.8, 4) is 11.5 Å². The number of rotatable bonds is 7. The van der Waals surface area contributed by atoms with E-state index in [-0.39, 0.29) is 35.2 Å². The molecule has 39 heavy (non-hydrogen) atoms. The molecular weight excluding hydrogens is 563 g/mol. The number of hydrogen-bond acceptors (Lipinski definition) is 8. The Morgan fingerprint density at radius 2 is 1.90 bits per heavy atom. The molecule has 1 aliphatic heterocycles. The van der Waals surface area contributed by atoms with Crippen LogP contribution in [0.3, 0.4) is 0 Å². The molecule has 1 unspecified atom stereocenters. The summed E-state index contributed by atoms with van der Waals surface area (Å²) in [5, 5.41) is 0.870. The highest BCUT2D eigenvalue weighted by Crippen LogP contribution is 2.36. The smallest absolute Gasteiger partial charge is 0.338 e. The summed E-state index contributed by atoms with van der Waals surface area (Å²) in [5.41, 5.74) is 1.45. The summed E-state index contributed by atoms with van der Waals surface area (Å²) >= 11 is 13.6. The van der Waals surface area contributed by atoms with Crippen molar-refractivity contribution in [1.29, 1.82) is 0 Å². The van der Waals surface area contributed by atoms with Gasteiger partial charge >= 0.3 is 11.9 Å². The van der Waals surface area contributed by atoms with Gasteiger partial charge in [-0.2, -0.15) is 0 Å². The lowest BCUT2D eigenvalue weighted by Crippen LogP contribution is -2.40. The van der Waals surface area contributed by atoms with Gasteiger partial charge in [-0.1, -0.05) is 60.5 Å². The lowest BCUT2D eigenvalue weighted by atomic mass is 9.95. The first-order valence-corrected chi connectivity index (χ1v) is 13.6. The Bertz CT molecular complexity index is 1670. The molecule has 1 aromatic heterocycles. The quantitative estimate of drug-likeness (QED) is 0.294. The molecule has 3 aromatic rings. The number of carbonyl (C=O) groups excluding carboxylic acids is 2. The van der Waals surface area contributed by atoms with E-state index >= 15 is 0 Å². The predicted molar refractivity (Wildman–Crippen MR) is 150 cm³/mol. The number of aromatic nitrogens is 1. The molecule has 0 fully saturated rings. The number of thiazole rings is 1. The Kier molecular flexibility index (Phi) is 8.64. The van der Waals surface area contributed by atoms with Crippen LogP contribution in [0.25, 0.3) is 6.08 Å². The lowest BCUT2D eigenvalue weighted by Gasteiger charge is -2.25. The van der Waals surface area contributed by atoms with E-state index in [1.54, 1.807) is 49.4 Å². The highest BCUT2D eigenvalue weighted by Gasteiger charge is 2.34. The van der Waals surface area contributed by atoms with Gasteiger partial charge in [0.2, 0.25) is 0 Å². The molecule has 0 bridgehead atoms. The highest BCUT2D eigenvalue weighted by atomic mass is 35.5. The number of methoxy groups -OCH3 is 1. The van der Waals surface area contributed by atoms with E-state index in [2.05, 4.69) is 4.99 Å². The number of nitrogens with zero attached hydrogens (tertiary/aromatic N) is 2. The van der Waals surface area contributed by atoms with Crippen LogP contribution < -0.4 is 24.4 Å². The van der Waals surface area contributed by atoms with Gasteiger partial charge in [0, 0.05) is 17.0 Å². The van der Waals surface area contributed by atoms with Gasteiger partial charge in [0.15, 0.2) is 16.3 Å². The third kappa shape index (κ3) is 6.11. The van der Waals surface area contributed by atoms with E-state index in [4.69, 9.17) is 37.4 Å². The number of allylic oxidation sites excluding steroid dienone is 1. The number of benzene rings is 2. The second-order valence-corrected chi connectivity index (χ2v) is 11.1. The van der Waals surface area contributed by atoms with Crippen LogP contribution in [0.4, 0.5) is 0 Å². The van der Waals surface area contributed by atoms with Crippen molar-refractivity contribution >= 4 is 52.6 Å². The molecular formula is C28H26Cl2N2O6S. The minimum atomic E-state index is -0.871. The van der Waals surface area contributed by atoms with Crippen LogP contribution in [0.1, 0.15) is 44.9 Å². The number of fused-ring (bicyclic) bond motifs is 1. The molecule has 0 N–H and O–H groups in total. The van der Waals surface area contributed by atoms with Crippen molar-refractivity contribution in [2.75, 3.05) is 13.7 Å². The molecule has 8 nitrogen and oxygen atoms in total. The number of ether oxygens (including phenoxy) is 3. The topological polar surface area (TPSA) is 96.2 Å². The molecule has 0 radical (unpaired) electrons. The van der Waals surface area contributed by atoms with Gasteiger partial charge < -0.3 is 14.2 Å². The normalized spacial score (nSPS) is 15.2. The fraction of sp³-hybridized carbons (Fsp3) is 0.286. The predicted octanol–water partition coefficient (Wildman–Crippen LogP) is 4.68. The summed E-state index contributed by atoms with van der Waals surface area (Å²) < 4.78 is 18.1. The average Bonchev–Trinajstić information content (AvgIpc) is 3.17. The molecule has 0 aliphatic carbocycles. The monoisotopic (exact) mass is 588 g/mol. The van der Waals surface area contributed by atoms with E-state index in [1.807, 2.05) is 13.8 Å². The number of hydrogen-bond donors (Lipinski definition) is 0. The van der Waals surface area contributed by atoms with E-state index in [0.717, 1.165) is 0 Å². The molecule has 11 heteroatoms. The van der Waals surface area contributed by atoms with Crippen molar-refractivity contribution in [2.24, 2.45) is 10.9 Å².